The molecule has 2 saturated heterocycles. The Morgan fingerprint density at radius 2 is 2.16 bits per heavy atom. The number of nitrogens with one attached hydrogen (secondary N) is 1. The number of likely N-dealkylation sites (tertiary alicyclic amines) is 1. The van der Waals surface area contributed by atoms with Crippen LogP contribution in [0, 0.1) is 12.8 Å². The molecular weight excluding hydrogens is 316 g/mol. The maximum atomic E-state index is 12.5. The zero-order valence-corrected chi connectivity index (χ0v) is 15.6. The minimum atomic E-state index is 0.160. The second kappa shape index (κ2) is 8.81. The first kappa shape index (κ1) is 18.4. The third kappa shape index (κ3) is 4.82. The molecule has 2 aliphatic rings. The van der Waals surface area contributed by atoms with Crippen LogP contribution in [0.5, 0.6) is 0 Å². The number of ether oxygens (including phenoxy) is 1. The lowest BCUT2D eigenvalue weighted by Crippen LogP contribution is -2.42. The molecule has 2 atom stereocenters. The van der Waals surface area contributed by atoms with Crippen LogP contribution < -0.4 is 5.32 Å². The molecule has 0 aromatic carbocycles. The van der Waals surface area contributed by atoms with Gasteiger partial charge in [-0.1, -0.05) is 13.3 Å². The Kier molecular flexibility index (Phi) is 6.48. The van der Waals surface area contributed by atoms with Crippen molar-refractivity contribution in [3.8, 4) is 0 Å². The standard InChI is InChI=1S/C19H32N4O2/c1-3-4-16-13-23(17-6-11-25-12-7-17)14-18(16)21-19(24)5-9-22-10-8-20-15(22)2/h8,10,16-18H,3-7,9,11-14H2,1-2H3,(H,21,24)/t16-,18-/m1/s1. The van der Waals surface area contributed by atoms with E-state index in [0.29, 0.717) is 31.0 Å². The maximum Gasteiger partial charge on any atom is 0.222 e. The summed E-state index contributed by atoms with van der Waals surface area (Å²) < 4.78 is 7.53. The van der Waals surface area contributed by atoms with E-state index in [2.05, 4.69) is 22.1 Å². The summed E-state index contributed by atoms with van der Waals surface area (Å²) in [6, 6.07) is 0.919. The van der Waals surface area contributed by atoms with Crippen LogP contribution >= 0.6 is 0 Å². The number of hydrogen-bond acceptors (Lipinski definition) is 4. The second-order valence-electron chi connectivity index (χ2n) is 7.44. The normalized spacial score (nSPS) is 25.4. The van der Waals surface area contributed by atoms with Crippen LogP contribution in [-0.4, -0.2) is 58.7 Å². The van der Waals surface area contributed by atoms with Gasteiger partial charge < -0.3 is 14.6 Å². The van der Waals surface area contributed by atoms with Gasteiger partial charge in [-0.15, -0.1) is 0 Å². The van der Waals surface area contributed by atoms with Crippen molar-refractivity contribution in [1.29, 1.82) is 0 Å². The monoisotopic (exact) mass is 348 g/mol. The molecule has 0 spiro atoms. The molecule has 0 radical (unpaired) electrons. The van der Waals surface area contributed by atoms with Crippen LogP contribution in [0.3, 0.4) is 0 Å². The Morgan fingerprint density at radius 1 is 1.36 bits per heavy atom. The molecule has 0 aliphatic carbocycles. The van der Waals surface area contributed by atoms with Gasteiger partial charge >= 0.3 is 0 Å². The van der Waals surface area contributed by atoms with Gasteiger partial charge in [0.05, 0.1) is 0 Å². The highest BCUT2D eigenvalue weighted by atomic mass is 16.5. The lowest BCUT2D eigenvalue weighted by molar-refractivity contribution is -0.122. The number of amides is 1. The Bertz CT molecular complexity index is 553. The van der Waals surface area contributed by atoms with E-state index in [1.165, 1.54) is 12.8 Å². The van der Waals surface area contributed by atoms with Gasteiger partial charge in [-0.25, -0.2) is 4.98 Å². The van der Waals surface area contributed by atoms with Crippen molar-refractivity contribution in [2.24, 2.45) is 5.92 Å². The van der Waals surface area contributed by atoms with E-state index in [-0.39, 0.29) is 5.91 Å². The van der Waals surface area contributed by atoms with Crippen molar-refractivity contribution >= 4 is 5.91 Å². The fourth-order valence-electron chi connectivity index (χ4n) is 4.22. The highest BCUT2D eigenvalue weighted by Crippen LogP contribution is 2.27. The Balaban J connectivity index is 1.51. The molecule has 3 rings (SSSR count). The van der Waals surface area contributed by atoms with E-state index < -0.39 is 0 Å². The average molecular weight is 348 g/mol. The molecule has 6 nitrogen and oxygen atoms in total. The molecule has 3 heterocycles. The summed E-state index contributed by atoms with van der Waals surface area (Å²) in [6.45, 7) is 8.76. The molecule has 25 heavy (non-hydrogen) atoms. The first-order valence-electron chi connectivity index (χ1n) is 9.76. The third-order valence-corrected chi connectivity index (χ3v) is 5.69. The van der Waals surface area contributed by atoms with E-state index in [1.54, 1.807) is 6.20 Å². The Morgan fingerprint density at radius 3 is 2.84 bits per heavy atom. The third-order valence-electron chi connectivity index (χ3n) is 5.69. The van der Waals surface area contributed by atoms with Crippen molar-refractivity contribution in [3.63, 3.8) is 0 Å². The van der Waals surface area contributed by atoms with E-state index in [1.807, 2.05) is 17.7 Å². The average Bonchev–Trinajstić information content (AvgIpc) is 3.21. The highest BCUT2D eigenvalue weighted by Gasteiger charge is 2.36. The van der Waals surface area contributed by atoms with Crippen LogP contribution in [0.25, 0.3) is 0 Å². The predicted molar refractivity (Wildman–Crippen MR) is 97.3 cm³/mol. The van der Waals surface area contributed by atoms with Gasteiger partial charge in [0.15, 0.2) is 0 Å². The number of carbonyl (C=O) groups is 1. The summed E-state index contributed by atoms with van der Waals surface area (Å²) in [5, 5.41) is 3.32. The minimum Gasteiger partial charge on any atom is -0.381 e. The van der Waals surface area contributed by atoms with Crippen molar-refractivity contribution in [1.82, 2.24) is 19.8 Å². The fourth-order valence-corrected chi connectivity index (χ4v) is 4.22. The van der Waals surface area contributed by atoms with E-state index in [9.17, 15) is 4.79 Å². The van der Waals surface area contributed by atoms with Crippen LogP contribution in [-0.2, 0) is 16.1 Å². The van der Waals surface area contributed by atoms with Crippen LogP contribution in [0.2, 0.25) is 0 Å². The lowest BCUT2D eigenvalue weighted by atomic mass is 9.98. The summed E-state index contributed by atoms with van der Waals surface area (Å²) >= 11 is 0. The van der Waals surface area contributed by atoms with Crippen LogP contribution in [0.1, 0.15) is 44.9 Å². The Labute approximate surface area is 150 Å². The van der Waals surface area contributed by atoms with Gasteiger partial charge in [0, 0.05) is 63.7 Å². The summed E-state index contributed by atoms with van der Waals surface area (Å²) in [6.07, 6.45) is 8.85. The van der Waals surface area contributed by atoms with E-state index in [4.69, 9.17) is 4.74 Å². The van der Waals surface area contributed by atoms with Gasteiger partial charge in [-0.3, -0.25) is 9.69 Å². The van der Waals surface area contributed by atoms with Crippen molar-refractivity contribution < 1.29 is 9.53 Å². The van der Waals surface area contributed by atoms with Crippen LogP contribution in [0.15, 0.2) is 12.4 Å². The number of nitrogens with zero attached hydrogens (tertiary/aromatic N) is 3. The van der Waals surface area contributed by atoms with Gasteiger partial charge in [-0.2, -0.15) is 0 Å². The molecule has 2 aliphatic heterocycles. The maximum absolute atomic E-state index is 12.5. The molecule has 2 fully saturated rings. The lowest BCUT2D eigenvalue weighted by Gasteiger charge is -2.31. The summed E-state index contributed by atoms with van der Waals surface area (Å²) in [5.74, 6) is 1.70. The van der Waals surface area contributed by atoms with Crippen molar-refractivity contribution in [3.05, 3.63) is 18.2 Å². The minimum absolute atomic E-state index is 0.160. The molecule has 1 aromatic rings. The summed E-state index contributed by atoms with van der Waals surface area (Å²) in [7, 11) is 0. The number of carbonyl (C=O) groups excluding carboxylic acids is 1. The van der Waals surface area contributed by atoms with Gasteiger partial charge in [0.2, 0.25) is 5.91 Å². The smallest absolute Gasteiger partial charge is 0.222 e. The summed E-state index contributed by atoms with van der Waals surface area (Å²) in [4.78, 5) is 19.3. The number of aryl methyl sites for hydroxylation is 2. The molecule has 140 valence electrons. The number of hydrogen-bond donors (Lipinski definition) is 1. The molecule has 1 amide bonds. The quantitative estimate of drug-likeness (QED) is 0.818. The van der Waals surface area contributed by atoms with Crippen molar-refractivity contribution in [2.75, 3.05) is 26.3 Å². The second-order valence-corrected chi connectivity index (χ2v) is 7.44. The SMILES string of the molecule is CCC[C@@H]1CN(C2CCOCC2)C[C@H]1NC(=O)CCn1ccnc1C. The van der Waals surface area contributed by atoms with Gasteiger partial charge in [0.1, 0.15) is 5.82 Å². The van der Waals surface area contributed by atoms with Crippen molar-refractivity contribution in [2.45, 2.75) is 64.6 Å². The highest BCUT2D eigenvalue weighted by molar-refractivity contribution is 5.76. The molecule has 0 saturated carbocycles. The Hall–Kier alpha value is -1.40. The van der Waals surface area contributed by atoms with Crippen LogP contribution in [0.4, 0.5) is 0 Å². The molecule has 6 heteroatoms. The largest absolute Gasteiger partial charge is 0.381 e. The zero-order chi connectivity index (χ0) is 17.6. The molecule has 0 unspecified atom stereocenters. The van der Waals surface area contributed by atoms with Gasteiger partial charge in [0.25, 0.3) is 0 Å². The zero-order valence-electron chi connectivity index (χ0n) is 15.6. The first-order valence-corrected chi connectivity index (χ1v) is 9.76. The summed E-state index contributed by atoms with van der Waals surface area (Å²) in [5.41, 5.74) is 0. The molecule has 0 bridgehead atoms. The number of aromatic nitrogens is 2. The molecule has 1 N–H and O–H groups in total. The number of rotatable bonds is 7. The predicted octanol–water partition coefficient (Wildman–Crippen LogP) is 1.98. The van der Waals surface area contributed by atoms with E-state index >= 15 is 0 Å². The molecular formula is C19H32N4O2. The first-order chi connectivity index (χ1) is 12.2. The van der Waals surface area contributed by atoms with Gasteiger partial charge in [-0.05, 0) is 32.1 Å². The molecule has 1 aromatic heterocycles. The topological polar surface area (TPSA) is 59.4 Å². The number of imidazole rings is 1. The fraction of sp³-hybridized carbons (Fsp3) is 0.789. The van der Waals surface area contributed by atoms with E-state index in [0.717, 1.165) is 45.0 Å².